The Morgan fingerprint density at radius 3 is 2.50 bits per heavy atom. The van der Waals surface area contributed by atoms with E-state index in [9.17, 15) is 14.4 Å². The molecule has 1 aromatic heterocycles. The number of amides is 4. The van der Waals surface area contributed by atoms with E-state index in [4.69, 9.17) is 5.26 Å². The summed E-state index contributed by atoms with van der Waals surface area (Å²) in [6.07, 6.45) is 3.10. The fourth-order valence-electron chi connectivity index (χ4n) is 2.36. The van der Waals surface area contributed by atoms with Crippen molar-refractivity contribution >= 4 is 34.8 Å². The second-order valence-corrected chi connectivity index (χ2v) is 4.68. The summed E-state index contributed by atoms with van der Waals surface area (Å²) in [4.78, 5) is 34.6. The summed E-state index contributed by atoms with van der Waals surface area (Å²) >= 11 is 0. The van der Waals surface area contributed by atoms with Crippen LogP contribution in [0.4, 0.5) is 4.79 Å². The molecule has 2 heterocycles. The van der Waals surface area contributed by atoms with Gasteiger partial charge in [-0.15, -0.1) is 0 Å². The van der Waals surface area contributed by atoms with E-state index in [2.05, 4.69) is 6.07 Å². The summed E-state index contributed by atoms with van der Waals surface area (Å²) < 4.78 is 1.73. The van der Waals surface area contributed by atoms with Gasteiger partial charge < -0.3 is 4.57 Å². The maximum Gasteiger partial charge on any atom is 0.328 e. The maximum absolute atomic E-state index is 11.8. The summed E-state index contributed by atoms with van der Waals surface area (Å²) in [6, 6.07) is 8.56. The zero-order chi connectivity index (χ0) is 15.7. The predicted octanol–water partition coefficient (Wildman–Crippen LogP) is 0.914. The van der Waals surface area contributed by atoms with Crippen molar-refractivity contribution in [2.24, 2.45) is 0 Å². The number of aromatic nitrogens is 1. The summed E-state index contributed by atoms with van der Waals surface area (Å²) in [5.74, 6) is -1.49. The van der Waals surface area contributed by atoms with E-state index >= 15 is 0 Å². The number of urea groups is 1. The zero-order valence-electron chi connectivity index (χ0n) is 11.3. The van der Waals surface area contributed by atoms with Crippen LogP contribution < -0.4 is 10.6 Å². The summed E-state index contributed by atoms with van der Waals surface area (Å²) in [7, 11) is 0. The second-order valence-electron chi connectivity index (χ2n) is 4.68. The van der Waals surface area contributed by atoms with Crippen LogP contribution in [-0.2, 0) is 16.1 Å². The Hall–Kier alpha value is -3.40. The molecule has 2 aromatic rings. The fraction of sp³-hybridized carbons (Fsp3) is 0.0667. The lowest BCUT2D eigenvalue weighted by atomic mass is 10.1. The molecule has 0 atom stereocenters. The van der Waals surface area contributed by atoms with Crippen LogP contribution in [0.2, 0.25) is 0 Å². The number of hydrogen-bond acceptors (Lipinski definition) is 4. The Kier molecular flexibility index (Phi) is 3.20. The number of hydrogen-bond donors (Lipinski definition) is 2. The molecule has 0 unspecified atom stereocenters. The van der Waals surface area contributed by atoms with Gasteiger partial charge in [0.2, 0.25) is 0 Å². The third kappa shape index (κ3) is 2.23. The minimum Gasteiger partial charge on any atom is -0.333 e. The highest BCUT2D eigenvalue weighted by molar-refractivity contribution is 6.31. The molecule has 0 aliphatic carbocycles. The molecule has 2 N–H and O–H groups in total. The highest BCUT2D eigenvalue weighted by Crippen LogP contribution is 2.24. The summed E-state index contributed by atoms with van der Waals surface area (Å²) in [5.41, 5.74) is 1.29. The minimum atomic E-state index is -0.834. The van der Waals surface area contributed by atoms with Crippen LogP contribution in [0.25, 0.3) is 17.0 Å². The van der Waals surface area contributed by atoms with Gasteiger partial charge in [-0.05, 0) is 12.1 Å². The molecule has 108 valence electrons. The summed E-state index contributed by atoms with van der Waals surface area (Å²) in [6.45, 7) is 0.153. The van der Waals surface area contributed by atoms with E-state index in [0.29, 0.717) is 5.56 Å². The molecule has 4 amide bonds. The molecule has 0 saturated carbocycles. The third-order valence-electron chi connectivity index (χ3n) is 3.30. The van der Waals surface area contributed by atoms with Gasteiger partial charge in [0.05, 0.1) is 6.07 Å². The second kappa shape index (κ2) is 5.18. The molecule has 7 nitrogen and oxygen atoms in total. The number of para-hydroxylation sites is 1. The first-order valence-electron chi connectivity index (χ1n) is 6.43. The van der Waals surface area contributed by atoms with E-state index in [-0.39, 0.29) is 12.1 Å². The number of barbiturate groups is 1. The molecule has 0 spiro atoms. The molecule has 1 aromatic carbocycles. The maximum atomic E-state index is 11.8. The number of rotatable bonds is 2. The number of fused-ring (bicyclic) bond motifs is 1. The Balaban J connectivity index is 2.13. The monoisotopic (exact) mass is 294 g/mol. The van der Waals surface area contributed by atoms with E-state index in [1.54, 1.807) is 10.8 Å². The number of nitriles is 1. The van der Waals surface area contributed by atoms with Crippen molar-refractivity contribution in [1.29, 1.82) is 5.26 Å². The number of carbonyl (C=O) groups is 3. The van der Waals surface area contributed by atoms with Crippen LogP contribution in [0.5, 0.6) is 0 Å². The standard InChI is InChI=1S/C15H10N4O3/c16-5-6-19-8-9(10-3-1-2-4-12(10)19)7-11-13(20)17-15(22)18-14(11)21/h1-4,7-8H,6H2,(H2,17,18,20,21,22). The van der Waals surface area contributed by atoms with Crippen molar-refractivity contribution in [2.45, 2.75) is 6.54 Å². The number of carbonyl (C=O) groups excluding carboxylic acids is 3. The lowest BCUT2D eigenvalue weighted by Gasteiger charge is -2.13. The molecule has 1 saturated heterocycles. The smallest absolute Gasteiger partial charge is 0.328 e. The van der Waals surface area contributed by atoms with Crippen molar-refractivity contribution in [3.63, 3.8) is 0 Å². The topological polar surface area (TPSA) is 104 Å². The van der Waals surface area contributed by atoms with Crippen molar-refractivity contribution in [3.05, 3.63) is 41.6 Å². The summed E-state index contributed by atoms with van der Waals surface area (Å²) in [5, 5.41) is 13.7. The van der Waals surface area contributed by atoms with Gasteiger partial charge in [0.25, 0.3) is 11.8 Å². The van der Waals surface area contributed by atoms with Crippen LogP contribution in [-0.4, -0.2) is 22.4 Å². The number of benzene rings is 1. The van der Waals surface area contributed by atoms with Gasteiger partial charge in [-0.2, -0.15) is 5.26 Å². The minimum absolute atomic E-state index is 0.153. The first kappa shape index (κ1) is 13.6. The Morgan fingerprint density at radius 2 is 1.82 bits per heavy atom. The van der Waals surface area contributed by atoms with Gasteiger partial charge in [0, 0.05) is 22.7 Å². The van der Waals surface area contributed by atoms with Gasteiger partial charge in [0.1, 0.15) is 12.1 Å². The quantitative estimate of drug-likeness (QED) is 0.634. The molecule has 0 bridgehead atoms. The number of nitrogens with zero attached hydrogens (tertiary/aromatic N) is 2. The van der Waals surface area contributed by atoms with Crippen LogP contribution in [0.1, 0.15) is 5.56 Å². The van der Waals surface area contributed by atoms with Crippen LogP contribution in [0.15, 0.2) is 36.0 Å². The predicted molar refractivity (Wildman–Crippen MR) is 77.2 cm³/mol. The lowest BCUT2D eigenvalue weighted by molar-refractivity contribution is -0.123. The molecular formula is C15H10N4O3. The first-order chi connectivity index (χ1) is 10.6. The molecule has 1 aliphatic rings. The van der Waals surface area contributed by atoms with E-state index in [0.717, 1.165) is 10.9 Å². The Bertz CT molecular complexity index is 864. The Labute approximate surface area is 124 Å². The largest absolute Gasteiger partial charge is 0.333 e. The van der Waals surface area contributed by atoms with E-state index < -0.39 is 17.8 Å². The van der Waals surface area contributed by atoms with E-state index in [1.165, 1.54) is 6.08 Å². The van der Waals surface area contributed by atoms with Crippen LogP contribution in [0.3, 0.4) is 0 Å². The van der Waals surface area contributed by atoms with Crippen molar-refractivity contribution in [1.82, 2.24) is 15.2 Å². The van der Waals surface area contributed by atoms with Gasteiger partial charge >= 0.3 is 6.03 Å². The van der Waals surface area contributed by atoms with Crippen molar-refractivity contribution in [2.75, 3.05) is 0 Å². The highest BCUT2D eigenvalue weighted by atomic mass is 16.2. The molecule has 3 rings (SSSR count). The highest BCUT2D eigenvalue weighted by Gasteiger charge is 2.28. The van der Waals surface area contributed by atoms with E-state index in [1.807, 2.05) is 34.9 Å². The molecule has 1 fully saturated rings. The van der Waals surface area contributed by atoms with Crippen LogP contribution in [0, 0.1) is 11.3 Å². The van der Waals surface area contributed by atoms with Gasteiger partial charge in [-0.1, -0.05) is 18.2 Å². The van der Waals surface area contributed by atoms with Gasteiger partial charge in [-0.3, -0.25) is 20.2 Å². The van der Waals surface area contributed by atoms with Crippen LogP contribution >= 0.6 is 0 Å². The van der Waals surface area contributed by atoms with Crippen molar-refractivity contribution < 1.29 is 14.4 Å². The molecule has 22 heavy (non-hydrogen) atoms. The normalized spacial score (nSPS) is 14.5. The average molecular weight is 294 g/mol. The fourth-order valence-corrected chi connectivity index (χ4v) is 2.36. The van der Waals surface area contributed by atoms with Gasteiger partial charge in [0.15, 0.2) is 0 Å². The third-order valence-corrected chi connectivity index (χ3v) is 3.30. The number of imide groups is 2. The SMILES string of the molecule is N#CCn1cc(C=C2C(=O)NC(=O)NC2=O)c2ccccc21. The first-order valence-corrected chi connectivity index (χ1v) is 6.43. The average Bonchev–Trinajstić information content (AvgIpc) is 2.82. The molecule has 0 radical (unpaired) electrons. The van der Waals surface area contributed by atoms with Crippen molar-refractivity contribution in [3.8, 4) is 6.07 Å². The number of nitrogens with one attached hydrogen (secondary N) is 2. The zero-order valence-corrected chi connectivity index (χ0v) is 11.3. The Morgan fingerprint density at radius 1 is 1.14 bits per heavy atom. The molecule has 1 aliphatic heterocycles. The lowest BCUT2D eigenvalue weighted by Crippen LogP contribution is -2.51. The van der Waals surface area contributed by atoms with Gasteiger partial charge in [-0.25, -0.2) is 4.79 Å². The molecular weight excluding hydrogens is 284 g/mol. The molecule has 7 heteroatoms.